The molecule has 1 N–H and O–H groups in total. The Morgan fingerprint density at radius 3 is 2.33 bits per heavy atom. The molecule has 0 spiro atoms. The van der Waals surface area contributed by atoms with Gasteiger partial charge in [-0.15, -0.1) is 11.3 Å². The molecule has 1 saturated heterocycles. The highest BCUT2D eigenvalue weighted by atomic mass is 35.5. The Labute approximate surface area is 198 Å². The lowest BCUT2D eigenvalue weighted by molar-refractivity contribution is 0.0747. The van der Waals surface area contributed by atoms with E-state index >= 15 is 0 Å². The predicted molar refractivity (Wildman–Crippen MR) is 132 cm³/mol. The zero-order valence-corrected chi connectivity index (χ0v) is 19.2. The van der Waals surface area contributed by atoms with Crippen LogP contribution in [0.5, 0.6) is 0 Å². The number of amides is 1. The van der Waals surface area contributed by atoms with Crippen LogP contribution in [0.15, 0.2) is 69.6 Å². The molecule has 4 aromatic rings. The van der Waals surface area contributed by atoms with Crippen molar-refractivity contribution in [2.75, 3.05) is 31.1 Å². The Hall–Kier alpha value is -3.36. The molecule has 0 bridgehead atoms. The van der Waals surface area contributed by atoms with Crippen LogP contribution in [0, 0.1) is 0 Å². The molecular weight excluding hydrogens is 460 g/mol. The van der Waals surface area contributed by atoms with E-state index in [1.165, 1.54) is 15.9 Å². The summed E-state index contributed by atoms with van der Waals surface area (Å²) in [7, 11) is 0. The number of benzene rings is 2. The van der Waals surface area contributed by atoms with Crippen LogP contribution in [0.25, 0.3) is 10.2 Å². The maximum absolute atomic E-state index is 13.0. The third kappa shape index (κ3) is 4.31. The zero-order valence-electron chi connectivity index (χ0n) is 17.7. The van der Waals surface area contributed by atoms with Crippen LogP contribution in [0.1, 0.15) is 15.9 Å². The molecule has 2 aromatic carbocycles. The van der Waals surface area contributed by atoms with Crippen molar-refractivity contribution in [3.8, 4) is 0 Å². The van der Waals surface area contributed by atoms with Crippen molar-refractivity contribution in [3.63, 3.8) is 0 Å². The minimum Gasteiger partial charge on any atom is -0.368 e. The molecule has 3 heterocycles. The number of carbonyl (C=O) groups is 1. The lowest BCUT2D eigenvalue weighted by Gasteiger charge is -2.36. The summed E-state index contributed by atoms with van der Waals surface area (Å²) in [4.78, 5) is 44.7. The number of nitrogens with one attached hydrogen (secondary N) is 1. The van der Waals surface area contributed by atoms with E-state index in [0.29, 0.717) is 33.9 Å². The SMILES string of the molecule is O=C(c1ccc(Cn2c(=O)[nH]c3ccsc3c2=O)cc1)N1CCN(c2ccc(Cl)cc2)CC1. The van der Waals surface area contributed by atoms with Crippen molar-refractivity contribution in [3.05, 3.63) is 97.0 Å². The molecule has 0 atom stereocenters. The average molecular weight is 481 g/mol. The van der Waals surface area contributed by atoms with Gasteiger partial charge in [-0.3, -0.25) is 14.2 Å². The summed E-state index contributed by atoms with van der Waals surface area (Å²) >= 11 is 7.27. The fraction of sp³-hybridized carbons (Fsp3) is 0.208. The van der Waals surface area contributed by atoms with E-state index in [-0.39, 0.29) is 18.0 Å². The van der Waals surface area contributed by atoms with Crippen LogP contribution in [0.3, 0.4) is 0 Å². The van der Waals surface area contributed by atoms with Crippen LogP contribution in [-0.2, 0) is 6.54 Å². The summed E-state index contributed by atoms with van der Waals surface area (Å²) in [5.41, 5.74) is 2.29. The minimum absolute atomic E-state index is 0.0210. The number of fused-ring (bicyclic) bond motifs is 1. The number of hydrogen-bond donors (Lipinski definition) is 1. The zero-order chi connectivity index (χ0) is 22.9. The molecule has 9 heteroatoms. The van der Waals surface area contributed by atoms with Gasteiger partial charge in [-0.2, -0.15) is 0 Å². The average Bonchev–Trinajstić information content (AvgIpc) is 3.31. The molecule has 2 aromatic heterocycles. The second kappa shape index (κ2) is 8.88. The number of anilines is 1. The molecule has 5 rings (SSSR count). The number of rotatable bonds is 4. The Bertz CT molecular complexity index is 1420. The van der Waals surface area contributed by atoms with Gasteiger partial charge >= 0.3 is 5.69 Å². The van der Waals surface area contributed by atoms with E-state index in [1.807, 2.05) is 29.2 Å². The summed E-state index contributed by atoms with van der Waals surface area (Å²) in [6, 6.07) is 16.5. The van der Waals surface area contributed by atoms with E-state index in [9.17, 15) is 14.4 Å². The first kappa shape index (κ1) is 21.5. The molecule has 0 aliphatic carbocycles. The molecule has 1 fully saturated rings. The van der Waals surface area contributed by atoms with Gasteiger partial charge < -0.3 is 14.8 Å². The van der Waals surface area contributed by atoms with Gasteiger partial charge in [0.25, 0.3) is 11.5 Å². The molecule has 168 valence electrons. The second-order valence-corrected chi connectivity index (χ2v) is 9.29. The van der Waals surface area contributed by atoms with Gasteiger partial charge in [0.1, 0.15) is 4.70 Å². The quantitative estimate of drug-likeness (QED) is 0.485. The number of halogens is 1. The van der Waals surface area contributed by atoms with E-state index in [1.54, 1.807) is 35.7 Å². The van der Waals surface area contributed by atoms with Gasteiger partial charge in [0.05, 0.1) is 12.1 Å². The highest BCUT2D eigenvalue weighted by Crippen LogP contribution is 2.20. The largest absolute Gasteiger partial charge is 0.368 e. The number of aromatic amines is 1. The monoisotopic (exact) mass is 480 g/mol. The van der Waals surface area contributed by atoms with Crippen LogP contribution in [0.2, 0.25) is 5.02 Å². The summed E-state index contributed by atoms with van der Waals surface area (Å²) in [5, 5.41) is 2.49. The van der Waals surface area contributed by atoms with Crippen molar-refractivity contribution >= 4 is 44.7 Å². The molecular formula is C24H21ClN4O3S. The second-order valence-electron chi connectivity index (χ2n) is 7.94. The van der Waals surface area contributed by atoms with Gasteiger partial charge in [-0.25, -0.2) is 4.79 Å². The first-order valence-electron chi connectivity index (χ1n) is 10.6. The van der Waals surface area contributed by atoms with Gasteiger partial charge in [0.2, 0.25) is 0 Å². The fourth-order valence-corrected chi connectivity index (χ4v) is 4.98. The molecule has 7 nitrogen and oxygen atoms in total. The normalized spacial score (nSPS) is 14.1. The highest BCUT2D eigenvalue weighted by Gasteiger charge is 2.22. The molecule has 1 aliphatic heterocycles. The van der Waals surface area contributed by atoms with Crippen LogP contribution in [-0.4, -0.2) is 46.5 Å². The number of carbonyl (C=O) groups excluding carboxylic acids is 1. The van der Waals surface area contributed by atoms with E-state index < -0.39 is 5.69 Å². The number of piperazine rings is 1. The van der Waals surface area contributed by atoms with E-state index in [4.69, 9.17) is 11.6 Å². The van der Waals surface area contributed by atoms with Crippen molar-refractivity contribution in [1.29, 1.82) is 0 Å². The molecule has 0 unspecified atom stereocenters. The molecule has 33 heavy (non-hydrogen) atoms. The van der Waals surface area contributed by atoms with Gasteiger partial charge in [-0.05, 0) is 53.4 Å². The maximum Gasteiger partial charge on any atom is 0.329 e. The molecule has 1 amide bonds. The Morgan fingerprint density at radius 2 is 1.64 bits per heavy atom. The first-order chi connectivity index (χ1) is 16.0. The number of hydrogen-bond acceptors (Lipinski definition) is 5. The molecule has 0 radical (unpaired) electrons. The van der Waals surface area contributed by atoms with E-state index in [2.05, 4.69) is 9.88 Å². The number of thiophene rings is 1. The van der Waals surface area contributed by atoms with Crippen molar-refractivity contribution in [1.82, 2.24) is 14.5 Å². The van der Waals surface area contributed by atoms with Crippen LogP contribution >= 0.6 is 22.9 Å². The molecule has 1 aliphatic rings. The van der Waals surface area contributed by atoms with Gasteiger partial charge in [0, 0.05) is 42.5 Å². The van der Waals surface area contributed by atoms with Gasteiger partial charge in [-0.1, -0.05) is 23.7 Å². The smallest absolute Gasteiger partial charge is 0.329 e. The van der Waals surface area contributed by atoms with Crippen molar-refractivity contribution in [2.45, 2.75) is 6.54 Å². The third-order valence-corrected chi connectivity index (χ3v) is 7.05. The van der Waals surface area contributed by atoms with Crippen molar-refractivity contribution < 1.29 is 4.79 Å². The van der Waals surface area contributed by atoms with E-state index in [0.717, 1.165) is 24.3 Å². The number of nitrogens with zero attached hydrogens (tertiary/aromatic N) is 3. The third-order valence-electron chi connectivity index (χ3n) is 5.89. The topological polar surface area (TPSA) is 78.4 Å². The summed E-state index contributed by atoms with van der Waals surface area (Å²) in [5.74, 6) is -0.0210. The van der Waals surface area contributed by atoms with Crippen molar-refractivity contribution in [2.24, 2.45) is 0 Å². The van der Waals surface area contributed by atoms with Crippen LogP contribution < -0.4 is 16.1 Å². The highest BCUT2D eigenvalue weighted by molar-refractivity contribution is 7.17. The Balaban J connectivity index is 1.25. The minimum atomic E-state index is -0.440. The Morgan fingerprint density at radius 1 is 0.939 bits per heavy atom. The first-order valence-corrected chi connectivity index (χ1v) is 11.8. The summed E-state index contributed by atoms with van der Waals surface area (Å²) in [6.07, 6.45) is 0. The maximum atomic E-state index is 13.0. The number of aromatic nitrogens is 2. The van der Waals surface area contributed by atoms with Gasteiger partial charge in [0.15, 0.2) is 0 Å². The standard InChI is InChI=1S/C24H21ClN4O3S/c25-18-5-7-19(8-6-18)27-10-12-28(13-11-27)22(30)17-3-1-16(2-4-17)15-29-23(31)21-20(9-14-33-21)26-24(29)32/h1-9,14H,10-13,15H2,(H,26,32). The lowest BCUT2D eigenvalue weighted by atomic mass is 10.1. The summed E-state index contributed by atoms with van der Waals surface area (Å²) in [6.45, 7) is 2.92. The predicted octanol–water partition coefficient (Wildman–Crippen LogP) is 3.42. The number of H-pyrrole nitrogens is 1. The molecule has 0 saturated carbocycles. The fourth-order valence-electron chi connectivity index (χ4n) is 4.05. The Kier molecular flexibility index (Phi) is 5.78. The summed E-state index contributed by atoms with van der Waals surface area (Å²) < 4.78 is 1.71. The lowest BCUT2D eigenvalue weighted by Crippen LogP contribution is -2.48. The van der Waals surface area contributed by atoms with Crippen LogP contribution in [0.4, 0.5) is 5.69 Å².